The SMILES string of the molecule is CCOC(=O)c1cc2ccncc2n(-c2ccccc2)c1=O. The summed E-state index contributed by atoms with van der Waals surface area (Å²) >= 11 is 0. The Kier molecular flexibility index (Phi) is 3.70. The number of carbonyl (C=O) groups excluding carboxylic acids is 1. The van der Waals surface area contributed by atoms with E-state index in [9.17, 15) is 9.59 Å². The highest BCUT2D eigenvalue weighted by molar-refractivity contribution is 5.94. The highest BCUT2D eigenvalue weighted by Gasteiger charge is 2.17. The molecule has 2 aromatic heterocycles. The first-order valence-corrected chi connectivity index (χ1v) is 6.94. The van der Waals surface area contributed by atoms with Gasteiger partial charge in [-0.3, -0.25) is 14.3 Å². The fourth-order valence-corrected chi connectivity index (χ4v) is 2.34. The molecule has 0 saturated heterocycles. The van der Waals surface area contributed by atoms with Gasteiger partial charge in [-0.2, -0.15) is 0 Å². The number of pyridine rings is 2. The van der Waals surface area contributed by atoms with Crippen molar-refractivity contribution in [1.82, 2.24) is 9.55 Å². The Morgan fingerprint density at radius 2 is 2.00 bits per heavy atom. The number of fused-ring (bicyclic) bond motifs is 1. The standard InChI is InChI=1S/C17H14N2O3/c1-2-22-17(21)14-10-12-8-9-18-11-15(12)19(16(14)20)13-6-4-3-5-7-13/h3-11H,2H2,1H3. The maximum Gasteiger partial charge on any atom is 0.343 e. The average molecular weight is 294 g/mol. The lowest BCUT2D eigenvalue weighted by molar-refractivity contribution is 0.0524. The van der Waals surface area contributed by atoms with Crippen LogP contribution in [0.15, 0.2) is 59.7 Å². The smallest absolute Gasteiger partial charge is 0.343 e. The number of carbonyl (C=O) groups is 1. The molecule has 3 rings (SSSR count). The van der Waals surface area contributed by atoms with Crippen molar-refractivity contribution in [3.63, 3.8) is 0 Å². The number of ether oxygens (including phenoxy) is 1. The zero-order chi connectivity index (χ0) is 15.5. The van der Waals surface area contributed by atoms with Gasteiger partial charge in [0, 0.05) is 17.3 Å². The van der Waals surface area contributed by atoms with E-state index in [4.69, 9.17) is 4.74 Å². The Morgan fingerprint density at radius 1 is 1.23 bits per heavy atom. The van der Waals surface area contributed by atoms with Crippen LogP contribution < -0.4 is 5.56 Å². The Balaban J connectivity index is 2.36. The third kappa shape index (κ3) is 2.37. The summed E-state index contributed by atoms with van der Waals surface area (Å²) < 4.78 is 6.46. The Hall–Kier alpha value is -2.95. The molecule has 5 nitrogen and oxygen atoms in total. The molecule has 0 radical (unpaired) electrons. The van der Waals surface area contributed by atoms with E-state index in [-0.39, 0.29) is 12.2 Å². The monoisotopic (exact) mass is 294 g/mol. The van der Waals surface area contributed by atoms with E-state index in [0.717, 1.165) is 5.39 Å². The minimum Gasteiger partial charge on any atom is -0.462 e. The van der Waals surface area contributed by atoms with Crippen molar-refractivity contribution in [1.29, 1.82) is 0 Å². The van der Waals surface area contributed by atoms with Crippen LogP contribution in [0, 0.1) is 0 Å². The number of aromatic nitrogens is 2. The molecule has 1 aromatic carbocycles. The predicted molar refractivity (Wildman–Crippen MR) is 83.3 cm³/mol. The highest BCUT2D eigenvalue weighted by Crippen LogP contribution is 2.17. The minimum atomic E-state index is -0.615. The van der Waals surface area contributed by atoms with Crippen molar-refractivity contribution in [3.8, 4) is 5.69 Å². The van der Waals surface area contributed by atoms with Gasteiger partial charge in [0.25, 0.3) is 5.56 Å². The molecular weight excluding hydrogens is 280 g/mol. The molecule has 0 aliphatic heterocycles. The lowest BCUT2D eigenvalue weighted by Crippen LogP contribution is -2.26. The number of nitrogens with zero attached hydrogens (tertiary/aromatic N) is 2. The van der Waals surface area contributed by atoms with Crippen LogP contribution in [0.25, 0.3) is 16.6 Å². The van der Waals surface area contributed by atoms with E-state index < -0.39 is 11.5 Å². The molecule has 0 aliphatic rings. The van der Waals surface area contributed by atoms with Crippen LogP contribution in [-0.4, -0.2) is 22.1 Å². The number of esters is 1. The molecule has 0 spiro atoms. The second kappa shape index (κ2) is 5.81. The summed E-state index contributed by atoms with van der Waals surface area (Å²) in [6.45, 7) is 1.93. The minimum absolute atomic E-state index is 0.0180. The van der Waals surface area contributed by atoms with Crippen molar-refractivity contribution < 1.29 is 9.53 Å². The van der Waals surface area contributed by atoms with E-state index >= 15 is 0 Å². The molecular formula is C17H14N2O3. The highest BCUT2D eigenvalue weighted by atomic mass is 16.5. The first-order valence-electron chi connectivity index (χ1n) is 6.94. The van der Waals surface area contributed by atoms with E-state index in [1.165, 1.54) is 4.57 Å². The van der Waals surface area contributed by atoms with Crippen LogP contribution in [0.5, 0.6) is 0 Å². The number of rotatable bonds is 3. The fourth-order valence-electron chi connectivity index (χ4n) is 2.34. The molecule has 0 unspecified atom stereocenters. The summed E-state index contributed by atoms with van der Waals surface area (Å²) in [5.74, 6) is -0.615. The quantitative estimate of drug-likeness (QED) is 0.697. The van der Waals surface area contributed by atoms with Crippen LogP contribution in [0.1, 0.15) is 17.3 Å². The molecule has 0 aliphatic carbocycles. The van der Waals surface area contributed by atoms with Crippen LogP contribution in [-0.2, 0) is 4.74 Å². The number of hydrogen-bond donors (Lipinski definition) is 0. The Morgan fingerprint density at radius 3 is 2.73 bits per heavy atom. The summed E-state index contributed by atoms with van der Waals surface area (Å²) in [7, 11) is 0. The van der Waals surface area contributed by atoms with E-state index in [2.05, 4.69) is 4.98 Å². The Labute approximate surface area is 126 Å². The van der Waals surface area contributed by atoms with Gasteiger partial charge in [0.2, 0.25) is 0 Å². The lowest BCUT2D eigenvalue weighted by atomic mass is 10.1. The topological polar surface area (TPSA) is 61.2 Å². The molecule has 2 heterocycles. The second-order valence-electron chi connectivity index (χ2n) is 4.69. The van der Waals surface area contributed by atoms with Crippen LogP contribution >= 0.6 is 0 Å². The largest absolute Gasteiger partial charge is 0.462 e. The van der Waals surface area contributed by atoms with Crippen LogP contribution in [0.3, 0.4) is 0 Å². The summed E-state index contributed by atoms with van der Waals surface area (Å²) in [5.41, 5.74) is 0.929. The molecule has 3 aromatic rings. The van der Waals surface area contributed by atoms with Gasteiger partial charge in [0.1, 0.15) is 5.56 Å². The number of para-hydroxylation sites is 1. The summed E-state index contributed by atoms with van der Waals surface area (Å²) in [6, 6.07) is 12.5. The van der Waals surface area contributed by atoms with Crippen molar-refractivity contribution in [3.05, 3.63) is 70.8 Å². The van der Waals surface area contributed by atoms with E-state index in [0.29, 0.717) is 11.2 Å². The van der Waals surface area contributed by atoms with Crippen LogP contribution in [0.2, 0.25) is 0 Å². The van der Waals surface area contributed by atoms with Gasteiger partial charge in [0.05, 0.1) is 18.3 Å². The maximum atomic E-state index is 12.7. The number of hydrogen-bond acceptors (Lipinski definition) is 4. The van der Waals surface area contributed by atoms with Gasteiger partial charge in [-0.1, -0.05) is 18.2 Å². The molecule has 0 saturated carbocycles. The van der Waals surface area contributed by atoms with Crippen molar-refractivity contribution in [2.75, 3.05) is 6.61 Å². The maximum absolute atomic E-state index is 12.7. The zero-order valence-electron chi connectivity index (χ0n) is 12.0. The zero-order valence-corrected chi connectivity index (χ0v) is 12.0. The van der Waals surface area contributed by atoms with Gasteiger partial charge >= 0.3 is 5.97 Å². The second-order valence-corrected chi connectivity index (χ2v) is 4.69. The van der Waals surface area contributed by atoms with Crippen LogP contribution in [0.4, 0.5) is 0 Å². The predicted octanol–water partition coefficient (Wildman–Crippen LogP) is 2.56. The molecule has 110 valence electrons. The summed E-state index contributed by atoms with van der Waals surface area (Å²) in [5, 5.41) is 0.751. The molecule has 5 heteroatoms. The average Bonchev–Trinajstić information content (AvgIpc) is 2.55. The molecule has 0 N–H and O–H groups in total. The van der Waals surface area contributed by atoms with Crippen molar-refractivity contribution >= 4 is 16.9 Å². The van der Waals surface area contributed by atoms with Gasteiger partial charge in [0.15, 0.2) is 0 Å². The molecule has 22 heavy (non-hydrogen) atoms. The van der Waals surface area contributed by atoms with Crippen molar-refractivity contribution in [2.45, 2.75) is 6.92 Å². The summed E-state index contributed by atoms with van der Waals surface area (Å²) in [6.07, 6.45) is 3.23. The first-order chi connectivity index (χ1) is 10.7. The number of benzene rings is 1. The van der Waals surface area contributed by atoms with E-state index in [1.807, 2.05) is 30.3 Å². The molecule has 0 atom stereocenters. The normalized spacial score (nSPS) is 10.6. The van der Waals surface area contributed by atoms with Gasteiger partial charge in [-0.15, -0.1) is 0 Å². The fraction of sp³-hybridized carbons (Fsp3) is 0.118. The lowest BCUT2D eigenvalue weighted by Gasteiger charge is -2.12. The van der Waals surface area contributed by atoms with Crippen molar-refractivity contribution in [2.24, 2.45) is 0 Å². The Bertz CT molecular complexity index is 885. The van der Waals surface area contributed by atoms with Gasteiger partial charge in [-0.05, 0) is 31.2 Å². The molecule has 0 amide bonds. The summed E-state index contributed by atoms with van der Waals surface area (Å²) in [4.78, 5) is 28.9. The van der Waals surface area contributed by atoms with E-state index in [1.54, 1.807) is 31.5 Å². The van der Waals surface area contributed by atoms with Gasteiger partial charge in [-0.25, -0.2) is 4.79 Å². The molecule has 0 bridgehead atoms. The van der Waals surface area contributed by atoms with Gasteiger partial charge < -0.3 is 4.74 Å². The third-order valence-corrected chi connectivity index (χ3v) is 3.32. The first kappa shape index (κ1) is 14.0. The third-order valence-electron chi connectivity index (χ3n) is 3.32. The molecule has 0 fully saturated rings.